The minimum absolute atomic E-state index is 0.0349. The van der Waals surface area contributed by atoms with E-state index >= 15 is 0 Å². The molecule has 2 fully saturated rings. The van der Waals surface area contributed by atoms with Crippen LogP contribution >= 0.6 is 0 Å². The topological polar surface area (TPSA) is 66.9 Å². The van der Waals surface area contributed by atoms with Gasteiger partial charge in [-0.25, -0.2) is 8.42 Å². The second-order valence-electron chi connectivity index (χ2n) is 7.33. The van der Waals surface area contributed by atoms with Gasteiger partial charge in [-0.1, -0.05) is 13.8 Å². The van der Waals surface area contributed by atoms with Crippen LogP contribution in [0, 0.1) is 5.92 Å². The number of carbonyl (C=O) groups is 1. The van der Waals surface area contributed by atoms with Crippen molar-refractivity contribution in [3.63, 3.8) is 0 Å². The van der Waals surface area contributed by atoms with Crippen molar-refractivity contribution in [2.45, 2.75) is 32.4 Å². The predicted octanol–water partition coefficient (Wildman–Crippen LogP) is 1.56. The highest BCUT2D eigenvalue weighted by Crippen LogP contribution is 2.32. The molecule has 3 rings (SSSR count). The SMILES string of the molecule is COc1ccc(N2C(=O)CN(CCC(C)C)C3CS(=O)(=O)CC32)cc1. The van der Waals surface area contributed by atoms with E-state index in [1.54, 1.807) is 24.1 Å². The summed E-state index contributed by atoms with van der Waals surface area (Å²) in [6.45, 7) is 5.31. The van der Waals surface area contributed by atoms with Crippen molar-refractivity contribution in [3.05, 3.63) is 24.3 Å². The zero-order valence-electron chi connectivity index (χ0n) is 15.0. The van der Waals surface area contributed by atoms with Crippen molar-refractivity contribution in [1.82, 2.24) is 4.90 Å². The molecule has 2 heterocycles. The minimum atomic E-state index is -3.14. The van der Waals surface area contributed by atoms with Gasteiger partial charge in [0.25, 0.3) is 0 Å². The molecular formula is C18H26N2O4S. The highest BCUT2D eigenvalue weighted by atomic mass is 32.2. The number of hydrogen-bond acceptors (Lipinski definition) is 5. The lowest BCUT2D eigenvalue weighted by atomic mass is 10.0. The first kappa shape index (κ1) is 18.2. The second-order valence-corrected chi connectivity index (χ2v) is 9.48. The van der Waals surface area contributed by atoms with E-state index in [0.717, 1.165) is 18.7 Å². The van der Waals surface area contributed by atoms with Gasteiger partial charge in [0.05, 0.1) is 31.2 Å². The second kappa shape index (κ2) is 6.96. The van der Waals surface area contributed by atoms with E-state index in [2.05, 4.69) is 18.7 Å². The Kier molecular flexibility index (Phi) is 5.06. The maximum Gasteiger partial charge on any atom is 0.241 e. The van der Waals surface area contributed by atoms with E-state index in [-0.39, 0.29) is 36.0 Å². The first-order valence-corrected chi connectivity index (χ1v) is 10.5. The number of hydrogen-bond donors (Lipinski definition) is 0. The van der Waals surface area contributed by atoms with Crippen LogP contribution in [-0.2, 0) is 14.6 Å². The summed E-state index contributed by atoms with van der Waals surface area (Å²) in [6.07, 6.45) is 0.957. The molecule has 1 amide bonds. The molecule has 2 saturated heterocycles. The third-order valence-corrected chi connectivity index (χ3v) is 6.74. The lowest BCUT2D eigenvalue weighted by Crippen LogP contribution is -2.62. The first-order valence-electron chi connectivity index (χ1n) is 8.71. The van der Waals surface area contributed by atoms with Crippen molar-refractivity contribution in [2.24, 2.45) is 5.92 Å². The fourth-order valence-electron chi connectivity index (χ4n) is 3.71. The predicted molar refractivity (Wildman–Crippen MR) is 97.7 cm³/mol. The van der Waals surface area contributed by atoms with Crippen LogP contribution in [0.4, 0.5) is 5.69 Å². The van der Waals surface area contributed by atoms with Gasteiger partial charge in [-0.05, 0) is 43.1 Å². The van der Waals surface area contributed by atoms with Crippen molar-refractivity contribution in [3.8, 4) is 5.75 Å². The normalized spacial score (nSPS) is 26.1. The summed E-state index contributed by atoms with van der Waals surface area (Å²) in [6, 6.07) is 6.80. The van der Waals surface area contributed by atoms with E-state index in [1.807, 2.05) is 12.1 Å². The van der Waals surface area contributed by atoms with Crippen LogP contribution in [0.5, 0.6) is 5.75 Å². The number of piperazine rings is 1. The number of methoxy groups -OCH3 is 1. The van der Waals surface area contributed by atoms with Gasteiger partial charge >= 0.3 is 0 Å². The molecule has 1 aromatic rings. The molecule has 0 saturated carbocycles. The molecule has 2 unspecified atom stereocenters. The van der Waals surface area contributed by atoms with Crippen LogP contribution in [-0.4, -0.2) is 63.0 Å². The van der Waals surface area contributed by atoms with Gasteiger partial charge in [0, 0.05) is 11.7 Å². The van der Waals surface area contributed by atoms with E-state index in [0.29, 0.717) is 11.7 Å². The van der Waals surface area contributed by atoms with E-state index in [4.69, 9.17) is 4.74 Å². The Labute approximate surface area is 149 Å². The third kappa shape index (κ3) is 3.82. The van der Waals surface area contributed by atoms with E-state index < -0.39 is 9.84 Å². The van der Waals surface area contributed by atoms with Crippen LogP contribution in [0.1, 0.15) is 20.3 Å². The Balaban J connectivity index is 1.89. The fraction of sp³-hybridized carbons (Fsp3) is 0.611. The summed E-state index contributed by atoms with van der Waals surface area (Å²) in [7, 11) is -1.55. The van der Waals surface area contributed by atoms with Crippen molar-refractivity contribution in [1.29, 1.82) is 0 Å². The van der Waals surface area contributed by atoms with E-state index in [9.17, 15) is 13.2 Å². The molecule has 0 radical (unpaired) electrons. The number of carbonyl (C=O) groups excluding carboxylic acids is 1. The van der Waals surface area contributed by atoms with Gasteiger partial charge in [0.1, 0.15) is 5.75 Å². The molecule has 138 valence electrons. The molecule has 0 N–H and O–H groups in total. The van der Waals surface area contributed by atoms with Gasteiger partial charge in [-0.2, -0.15) is 0 Å². The van der Waals surface area contributed by atoms with Gasteiger partial charge in [0.2, 0.25) is 5.91 Å². The van der Waals surface area contributed by atoms with E-state index in [1.165, 1.54) is 0 Å². The average Bonchev–Trinajstić information content (AvgIpc) is 2.88. The number of amides is 1. The lowest BCUT2D eigenvalue weighted by molar-refractivity contribution is -0.123. The Hall–Kier alpha value is -1.60. The molecular weight excluding hydrogens is 340 g/mol. The van der Waals surface area contributed by atoms with Gasteiger partial charge in [-0.15, -0.1) is 0 Å². The summed E-state index contributed by atoms with van der Waals surface area (Å²) in [4.78, 5) is 16.6. The zero-order valence-corrected chi connectivity index (χ0v) is 15.8. The molecule has 2 aliphatic heterocycles. The molecule has 1 aromatic carbocycles. The van der Waals surface area contributed by atoms with Crippen molar-refractivity contribution < 1.29 is 17.9 Å². The van der Waals surface area contributed by atoms with Gasteiger partial charge < -0.3 is 9.64 Å². The summed E-state index contributed by atoms with van der Waals surface area (Å²) in [5.74, 6) is 1.37. The maximum absolute atomic E-state index is 12.8. The standard InChI is InChI=1S/C18H26N2O4S/c1-13(2)8-9-19-10-18(21)20(14-4-6-15(24-3)7-5-14)17-12-25(22,23)11-16(17)19/h4-7,13,16-17H,8-12H2,1-3H3. The van der Waals surface area contributed by atoms with Crippen LogP contribution in [0.2, 0.25) is 0 Å². The molecule has 0 bridgehead atoms. The van der Waals surface area contributed by atoms with Crippen LogP contribution < -0.4 is 9.64 Å². The molecule has 0 aliphatic carbocycles. The third-order valence-electron chi connectivity index (χ3n) is 5.05. The smallest absolute Gasteiger partial charge is 0.241 e. The number of sulfone groups is 1. The lowest BCUT2D eigenvalue weighted by Gasteiger charge is -2.43. The van der Waals surface area contributed by atoms with Gasteiger partial charge in [0.15, 0.2) is 9.84 Å². The molecule has 25 heavy (non-hydrogen) atoms. The number of anilines is 1. The number of nitrogens with zero attached hydrogens (tertiary/aromatic N) is 2. The fourth-order valence-corrected chi connectivity index (χ4v) is 5.69. The van der Waals surface area contributed by atoms with Gasteiger partial charge in [-0.3, -0.25) is 9.69 Å². The first-order chi connectivity index (χ1) is 11.8. The number of rotatable bonds is 5. The molecule has 2 atom stereocenters. The van der Waals surface area contributed by atoms with Crippen LogP contribution in [0.15, 0.2) is 24.3 Å². The van der Waals surface area contributed by atoms with Crippen LogP contribution in [0.3, 0.4) is 0 Å². The molecule has 7 heteroatoms. The Morgan fingerprint density at radius 1 is 1.16 bits per heavy atom. The maximum atomic E-state index is 12.8. The molecule has 6 nitrogen and oxygen atoms in total. The van der Waals surface area contributed by atoms with Crippen LogP contribution in [0.25, 0.3) is 0 Å². The summed E-state index contributed by atoms with van der Waals surface area (Å²) in [5.41, 5.74) is 0.737. The summed E-state index contributed by atoms with van der Waals surface area (Å²) >= 11 is 0. The summed E-state index contributed by atoms with van der Waals surface area (Å²) < 4.78 is 29.7. The number of fused-ring (bicyclic) bond motifs is 1. The highest BCUT2D eigenvalue weighted by molar-refractivity contribution is 7.91. The molecule has 0 spiro atoms. The highest BCUT2D eigenvalue weighted by Gasteiger charge is 2.49. The summed E-state index contributed by atoms with van der Waals surface area (Å²) in [5, 5.41) is 0. The quantitative estimate of drug-likeness (QED) is 0.791. The largest absolute Gasteiger partial charge is 0.497 e. The minimum Gasteiger partial charge on any atom is -0.497 e. The Morgan fingerprint density at radius 2 is 1.80 bits per heavy atom. The monoisotopic (exact) mass is 366 g/mol. The Bertz CT molecular complexity index is 730. The molecule has 0 aromatic heterocycles. The molecule has 2 aliphatic rings. The Morgan fingerprint density at radius 3 is 2.40 bits per heavy atom. The number of benzene rings is 1. The van der Waals surface area contributed by atoms with Crippen molar-refractivity contribution >= 4 is 21.4 Å². The number of ether oxygens (including phenoxy) is 1. The zero-order chi connectivity index (χ0) is 18.2. The average molecular weight is 366 g/mol. The van der Waals surface area contributed by atoms with Crippen molar-refractivity contribution in [2.75, 3.05) is 36.6 Å².